The third-order valence-electron chi connectivity index (χ3n) is 3.00. The van der Waals surface area contributed by atoms with Crippen LogP contribution in [0.1, 0.15) is 33.2 Å². The molecule has 0 saturated heterocycles. The molecule has 0 spiro atoms. The van der Waals surface area contributed by atoms with Crippen molar-refractivity contribution in [3.63, 3.8) is 0 Å². The van der Waals surface area contributed by atoms with Gasteiger partial charge >= 0.3 is 5.97 Å². The third kappa shape index (κ3) is 3.45. The number of nitrogens with one attached hydrogen (secondary N) is 1. The predicted octanol–water partition coefficient (Wildman–Crippen LogP) is 2.82. The lowest BCUT2D eigenvalue weighted by atomic mass is 10.1. The van der Waals surface area contributed by atoms with Crippen molar-refractivity contribution in [1.29, 1.82) is 0 Å². The van der Waals surface area contributed by atoms with Crippen LogP contribution in [0.5, 0.6) is 0 Å². The second-order valence-corrected chi connectivity index (χ2v) is 4.39. The number of hydrogen-bond donors (Lipinski definition) is 1. The normalized spacial score (nSPS) is 10.0. The zero-order chi connectivity index (χ0) is 15.2. The molecular weight excluding hydrogens is 268 g/mol. The Bertz CT molecular complexity index is 654. The van der Waals surface area contributed by atoms with Crippen molar-refractivity contribution in [2.45, 2.75) is 13.8 Å². The van der Waals surface area contributed by atoms with Crippen LogP contribution in [0.2, 0.25) is 0 Å². The Hall–Kier alpha value is -2.69. The highest BCUT2D eigenvalue weighted by molar-refractivity contribution is 6.05. The van der Waals surface area contributed by atoms with Gasteiger partial charge in [-0.15, -0.1) is 0 Å². The fraction of sp³-hybridized carbons (Fsp3) is 0.188. The summed E-state index contributed by atoms with van der Waals surface area (Å²) in [7, 11) is 0. The van der Waals surface area contributed by atoms with Gasteiger partial charge in [0.1, 0.15) is 0 Å². The Morgan fingerprint density at radius 3 is 2.71 bits per heavy atom. The number of carbonyl (C=O) groups is 2. The molecule has 0 radical (unpaired) electrons. The van der Waals surface area contributed by atoms with Gasteiger partial charge in [-0.05, 0) is 43.7 Å². The molecule has 21 heavy (non-hydrogen) atoms. The highest BCUT2D eigenvalue weighted by atomic mass is 16.5. The number of rotatable bonds is 4. The molecule has 0 fully saturated rings. The van der Waals surface area contributed by atoms with Crippen LogP contribution in [0.3, 0.4) is 0 Å². The molecule has 5 heteroatoms. The van der Waals surface area contributed by atoms with E-state index in [1.165, 1.54) is 6.20 Å². The maximum absolute atomic E-state index is 12.1. The largest absolute Gasteiger partial charge is 0.462 e. The smallest absolute Gasteiger partial charge is 0.338 e. The number of ether oxygens (including phenoxy) is 1. The van der Waals surface area contributed by atoms with Gasteiger partial charge in [-0.25, -0.2) is 4.79 Å². The van der Waals surface area contributed by atoms with Crippen molar-refractivity contribution in [3.8, 4) is 0 Å². The summed E-state index contributed by atoms with van der Waals surface area (Å²) >= 11 is 0. The van der Waals surface area contributed by atoms with E-state index in [9.17, 15) is 9.59 Å². The van der Waals surface area contributed by atoms with Crippen LogP contribution in [0, 0.1) is 6.92 Å². The van der Waals surface area contributed by atoms with Crippen molar-refractivity contribution in [3.05, 3.63) is 59.4 Å². The Kier molecular flexibility index (Phi) is 4.66. The second-order valence-electron chi connectivity index (χ2n) is 4.39. The van der Waals surface area contributed by atoms with Crippen molar-refractivity contribution in [2.24, 2.45) is 0 Å². The summed E-state index contributed by atoms with van der Waals surface area (Å²) in [6.45, 7) is 3.83. The number of aromatic nitrogens is 1. The Balaban J connectivity index is 2.23. The molecule has 5 nitrogen and oxygen atoms in total. The molecule has 0 bridgehead atoms. The molecule has 1 heterocycles. The summed E-state index contributed by atoms with van der Waals surface area (Å²) in [5, 5.41) is 2.78. The van der Waals surface area contributed by atoms with E-state index in [1.807, 2.05) is 0 Å². The number of esters is 1. The summed E-state index contributed by atoms with van der Waals surface area (Å²) in [4.78, 5) is 27.8. The molecule has 0 unspecified atom stereocenters. The first kappa shape index (κ1) is 14.7. The number of amides is 1. The standard InChI is InChI=1S/C16H16N2O3/c1-3-21-16(20)13-7-4-8-14(11(13)2)18-15(19)12-6-5-9-17-10-12/h4-10H,3H2,1-2H3,(H,18,19). The van der Waals surface area contributed by atoms with Crippen LogP contribution < -0.4 is 5.32 Å². The highest BCUT2D eigenvalue weighted by Gasteiger charge is 2.14. The van der Waals surface area contributed by atoms with Gasteiger partial charge in [0, 0.05) is 18.1 Å². The molecular formula is C16H16N2O3. The number of benzene rings is 1. The number of hydrogen-bond acceptors (Lipinski definition) is 4. The van der Waals surface area contributed by atoms with E-state index in [4.69, 9.17) is 4.74 Å². The topological polar surface area (TPSA) is 68.3 Å². The van der Waals surface area contributed by atoms with E-state index >= 15 is 0 Å². The van der Waals surface area contributed by atoms with Crippen molar-refractivity contribution >= 4 is 17.6 Å². The minimum atomic E-state index is -0.396. The Morgan fingerprint density at radius 1 is 1.24 bits per heavy atom. The van der Waals surface area contributed by atoms with E-state index in [0.29, 0.717) is 29.0 Å². The quantitative estimate of drug-likeness (QED) is 0.877. The van der Waals surface area contributed by atoms with E-state index in [0.717, 1.165) is 0 Å². The second kappa shape index (κ2) is 6.65. The van der Waals surface area contributed by atoms with Crippen molar-refractivity contribution < 1.29 is 14.3 Å². The van der Waals surface area contributed by atoms with Gasteiger partial charge < -0.3 is 10.1 Å². The molecule has 1 aromatic carbocycles. The van der Waals surface area contributed by atoms with Gasteiger partial charge in [0.2, 0.25) is 0 Å². The average molecular weight is 284 g/mol. The van der Waals surface area contributed by atoms with E-state index in [2.05, 4.69) is 10.3 Å². The average Bonchev–Trinajstić information content (AvgIpc) is 2.50. The van der Waals surface area contributed by atoms with Crippen LogP contribution in [-0.2, 0) is 4.74 Å². The summed E-state index contributed by atoms with van der Waals surface area (Å²) in [6, 6.07) is 8.49. The predicted molar refractivity (Wildman–Crippen MR) is 79.3 cm³/mol. The lowest BCUT2D eigenvalue weighted by Crippen LogP contribution is -2.15. The fourth-order valence-corrected chi connectivity index (χ4v) is 1.89. The summed E-state index contributed by atoms with van der Waals surface area (Å²) < 4.78 is 4.99. The van der Waals surface area contributed by atoms with Gasteiger partial charge in [-0.2, -0.15) is 0 Å². The van der Waals surface area contributed by atoms with Gasteiger partial charge in [-0.1, -0.05) is 6.07 Å². The lowest BCUT2D eigenvalue weighted by molar-refractivity contribution is 0.0525. The molecule has 0 atom stereocenters. The van der Waals surface area contributed by atoms with Crippen LogP contribution in [0.25, 0.3) is 0 Å². The molecule has 1 aromatic heterocycles. The molecule has 0 aliphatic carbocycles. The molecule has 108 valence electrons. The fourth-order valence-electron chi connectivity index (χ4n) is 1.89. The zero-order valence-electron chi connectivity index (χ0n) is 11.9. The van der Waals surface area contributed by atoms with Crippen LogP contribution in [0.4, 0.5) is 5.69 Å². The highest BCUT2D eigenvalue weighted by Crippen LogP contribution is 2.20. The number of carbonyl (C=O) groups excluding carboxylic acids is 2. The van der Waals surface area contributed by atoms with Crippen LogP contribution >= 0.6 is 0 Å². The SMILES string of the molecule is CCOC(=O)c1cccc(NC(=O)c2cccnc2)c1C. The van der Waals surface area contributed by atoms with Crippen LogP contribution in [-0.4, -0.2) is 23.5 Å². The Morgan fingerprint density at radius 2 is 2.05 bits per heavy atom. The first-order valence-electron chi connectivity index (χ1n) is 6.61. The number of nitrogens with zero attached hydrogens (tertiary/aromatic N) is 1. The van der Waals surface area contributed by atoms with E-state index in [-0.39, 0.29) is 5.91 Å². The van der Waals surface area contributed by atoms with Crippen LogP contribution in [0.15, 0.2) is 42.7 Å². The first-order valence-corrected chi connectivity index (χ1v) is 6.61. The maximum Gasteiger partial charge on any atom is 0.338 e. The molecule has 0 aliphatic heterocycles. The molecule has 2 aromatic rings. The molecule has 0 aliphatic rings. The van der Waals surface area contributed by atoms with Gasteiger partial charge in [0.05, 0.1) is 17.7 Å². The summed E-state index contributed by atoms with van der Waals surface area (Å²) in [6.07, 6.45) is 3.09. The molecule has 1 N–H and O–H groups in total. The summed E-state index contributed by atoms with van der Waals surface area (Å²) in [5.74, 6) is -0.667. The lowest BCUT2D eigenvalue weighted by Gasteiger charge is -2.11. The van der Waals surface area contributed by atoms with Crippen molar-refractivity contribution in [1.82, 2.24) is 4.98 Å². The molecule has 1 amide bonds. The minimum absolute atomic E-state index is 0.271. The van der Waals surface area contributed by atoms with Crippen molar-refractivity contribution in [2.75, 3.05) is 11.9 Å². The molecule has 0 saturated carbocycles. The number of anilines is 1. The van der Waals surface area contributed by atoms with E-state index in [1.54, 1.807) is 50.4 Å². The van der Waals surface area contributed by atoms with Gasteiger partial charge in [-0.3, -0.25) is 9.78 Å². The zero-order valence-corrected chi connectivity index (χ0v) is 11.9. The van der Waals surface area contributed by atoms with E-state index < -0.39 is 5.97 Å². The monoisotopic (exact) mass is 284 g/mol. The minimum Gasteiger partial charge on any atom is -0.462 e. The van der Waals surface area contributed by atoms with Gasteiger partial charge in [0.25, 0.3) is 5.91 Å². The summed E-state index contributed by atoms with van der Waals surface area (Å²) in [5.41, 5.74) is 2.15. The van der Waals surface area contributed by atoms with Gasteiger partial charge in [0.15, 0.2) is 0 Å². The maximum atomic E-state index is 12.1. The number of pyridine rings is 1. The third-order valence-corrected chi connectivity index (χ3v) is 3.00. The Labute approximate surface area is 123 Å². The first-order chi connectivity index (χ1) is 10.1. The molecule has 2 rings (SSSR count).